The van der Waals surface area contributed by atoms with E-state index in [1.807, 2.05) is 24.4 Å². The van der Waals surface area contributed by atoms with Crippen molar-refractivity contribution in [1.29, 1.82) is 0 Å². The van der Waals surface area contributed by atoms with Crippen LogP contribution in [-0.2, 0) is 6.42 Å². The van der Waals surface area contributed by atoms with E-state index in [0.29, 0.717) is 5.69 Å². The highest BCUT2D eigenvalue weighted by atomic mass is 79.9. The second-order valence-electron chi connectivity index (χ2n) is 4.02. The molecule has 0 saturated heterocycles. The van der Waals surface area contributed by atoms with Crippen molar-refractivity contribution in [1.82, 2.24) is 10.3 Å². The quantitative estimate of drug-likeness (QED) is 0.937. The molecule has 94 valence electrons. The topological polar surface area (TPSA) is 42.0 Å². The van der Waals surface area contributed by atoms with Crippen molar-refractivity contribution in [3.63, 3.8) is 0 Å². The Kier molecular flexibility index (Phi) is 4.49. The lowest BCUT2D eigenvalue weighted by atomic mass is 10.2. The van der Waals surface area contributed by atoms with E-state index in [0.717, 1.165) is 10.9 Å². The molecule has 2 aromatic heterocycles. The summed E-state index contributed by atoms with van der Waals surface area (Å²) in [6, 6.07) is 7.71. The van der Waals surface area contributed by atoms with Crippen molar-refractivity contribution in [2.45, 2.75) is 19.4 Å². The van der Waals surface area contributed by atoms with Crippen molar-refractivity contribution in [2.75, 3.05) is 0 Å². The molecule has 1 atom stereocenters. The highest BCUT2D eigenvalue weighted by Gasteiger charge is 2.11. The van der Waals surface area contributed by atoms with Gasteiger partial charge in [-0.05, 0) is 46.4 Å². The average Bonchev–Trinajstić information content (AvgIpc) is 2.82. The summed E-state index contributed by atoms with van der Waals surface area (Å²) >= 11 is 5.00. The van der Waals surface area contributed by atoms with E-state index >= 15 is 0 Å². The number of rotatable bonds is 4. The highest BCUT2D eigenvalue weighted by Crippen LogP contribution is 2.11. The number of halogens is 1. The Labute approximate surface area is 118 Å². The van der Waals surface area contributed by atoms with Crippen LogP contribution in [0.2, 0.25) is 0 Å². The van der Waals surface area contributed by atoms with Gasteiger partial charge in [-0.2, -0.15) is 0 Å². The Morgan fingerprint density at radius 2 is 2.33 bits per heavy atom. The molecule has 0 aromatic carbocycles. The van der Waals surface area contributed by atoms with Crippen LogP contribution in [0.4, 0.5) is 0 Å². The molecule has 1 amide bonds. The van der Waals surface area contributed by atoms with E-state index in [2.05, 4.69) is 32.3 Å². The third-order valence-electron chi connectivity index (χ3n) is 2.42. The lowest BCUT2D eigenvalue weighted by Gasteiger charge is -2.12. The zero-order chi connectivity index (χ0) is 13.0. The van der Waals surface area contributed by atoms with E-state index in [1.54, 1.807) is 23.6 Å². The van der Waals surface area contributed by atoms with E-state index < -0.39 is 0 Å². The largest absolute Gasteiger partial charge is 0.348 e. The minimum absolute atomic E-state index is 0.0987. The van der Waals surface area contributed by atoms with Crippen LogP contribution in [0.3, 0.4) is 0 Å². The fraction of sp³-hybridized carbons (Fsp3) is 0.231. The molecule has 2 heterocycles. The van der Waals surface area contributed by atoms with Crippen LogP contribution < -0.4 is 5.32 Å². The number of thiophene rings is 1. The summed E-state index contributed by atoms with van der Waals surface area (Å²) in [5, 5.41) is 4.99. The Hall–Kier alpha value is -1.20. The average molecular weight is 325 g/mol. The second kappa shape index (κ2) is 6.11. The van der Waals surface area contributed by atoms with Crippen molar-refractivity contribution in [2.24, 2.45) is 0 Å². The van der Waals surface area contributed by atoms with Crippen LogP contribution >= 0.6 is 27.3 Å². The van der Waals surface area contributed by atoms with Gasteiger partial charge >= 0.3 is 0 Å². The second-order valence-corrected chi connectivity index (χ2v) is 5.97. The van der Waals surface area contributed by atoms with Gasteiger partial charge in [-0.25, -0.2) is 4.98 Å². The van der Waals surface area contributed by atoms with Gasteiger partial charge in [0.1, 0.15) is 5.69 Å². The van der Waals surface area contributed by atoms with Gasteiger partial charge < -0.3 is 5.32 Å². The number of nitrogens with zero attached hydrogens (tertiary/aromatic N) is 1. The zero-order valence-electron chi connectivity index (χ0n) is 9.89. The normalized spacial score (nSPS) is 12.1. The predicted octanol–water partition coefficient (Wildman–Crippen LogP) is 3.27. The molecule has 0 aliphatic rings. The summed E-state index contributed by atoms with van der Waals surface area (Å²) in [4.78, 5) is 17.3. The highest BCUT2D eigenvalue weighted by molar-refractivity contribution is 9.10. The summed E-state index contributed by atoms with van der Waals surface area (Å²) in [7, 11) is 0. The van der Waals surface area contributed by atoms with Gasteiger partial charge in [0.25, 0.3) is 5.91 Å². The van der Waals surface area contributed by atoms with Crippen LogP contribution in [-0.4, -0.2) is 16.9 Å². The first-order valence-electron chi connectivity index (χ1n) is 5.60. The van der Waals surface area contributed by atoms with Crippen LogP contribution in [0.25, 0.3) is 0 Å². The maximum Gasteiger partial charge on any atom is 0.270 e. The molecule has 5 heteroatoms. The Morgan fingerprint density at radius 3 is 2.94 bits per heavy atom. The first-order chi connectivity index (χ1) is 8.65. The molecule has 2 rings (SSSR count). The first-order valence-corrected chi connectivity index (χ1v) is 7.27. The number of carbonyl (C=O) groups excluding carboxylic acids is 1. The molecule has 18 heavy (non-hydrogen) atoms. The van der Waals surface area contributed by atoms with Crippen LogP contribution in [0.5, 0.6) is 0 Å². The minimum atomic E-state index is -0.133. The maximum atomic E-state index is 11.9. The molecular formula is C13H13BrN2OS. The fourth-order valence-corrected chi connectivity index (χ4v) is 2.66. The van der Waals surface area contributed by atoms with Gasteiger partial charge in [0.05, 0.1) is 0 Å². The van der Waals surface area contributed by atoms with E-state index in [4.69, 9.17) is 0 Å². The van der Waals surface area contributed by atoms with Gasteiger partial charge in [0.2, 0.25) is 0 Å². The number of amides is 1. The molecule has 0 spiro atoms. The number of carbonyl (C=O) groups is 1. The Morgan fingerprint density at radius 1 is 1.50 bits per heavy atom. The Balaban J connectivity index is 1.92. The number of aromatic nitrogens is 1. The lowest BCUT2D eigenvalue weighted by molar-refractivity contribution is 0.0935. The third-order valence-corrected chi connectivity index (χ3v) is 3.79. The number of hydrogen-bond acceptors (Lipinski definition) is 3. The lowest BCUT2D eigenvalue weighted by Crippen LogP contribution is -2.34. The minimum Gasteiger partial charge on any atom is -0.348 e. The summed E-state index contributed by atoms with van der Waals surface area (Å²) < 4.78 is 0.866. The molecule has 0 bridgehead atoms. The molecular weight excluding hydrogens is 312 g/mol. The van der Waals surface area contributed by atoms with E-state index in [-0.39, 0.29) is 11.9 Å². The van der Waals surface area contributed by atoms with Crippen molar-refractivity contribution in [3.8, 4) is 0 Å². The zero-order valence-corrected chi connectivity index (χ0v) is 12.3. The molecule has 0 saturated carbocycles. The van der Waals surface area contributed by atoms with Gasteiger partial charge in [-0.15, -0.1) is 11.3 Å². The summed E-state index contributed by atoms with van der Waals surface area (Å²) in [5.74, 6) is -0.133. The van der Waals surface area contributed by atoms with Crippen molar-refractivity contribution >= 4 is 33.2 Å². The van der Waals surface area contributed by atoms with Gasteiger partial charge in [0.15, 0.2) is 0 Å². The number of hydrogen-bond donors (Lipinski definition) is 1. The molecule has 2 aromatic rings. The molecule has 1 N–H and O–H groups in total. The molecule has 0 aliphatic heterocycles. The Bertz CT molecular complexity index is 510. The predicted molar refractivity (Wildman–Crippen MR) is 76.9 cm³/mol. The first kappa shape index (κ1) is 13.2. The molecule has 0 aliphatic carbocycles. The summed E-state index contributed by atoms with van der Waals surface area (Å²) in [5.41, 5.74) is 0.441. The maximum absolute atomic E-state index is 11.9. The van der Waals surface area contributed by atoms with Crippen LogP contribution in [0.15, 0.2) is 40.3 Å². The molecule has 0 fully saturated rings. The monoisotopic (exact) mass is 324 g/mol. The third kappa shape index (κ3) is 3.65. The van der Waals surface area contributed by atoms with E-state index in [9.17, 15) is 4.79 Å². The van der Waals surface area contributed by atoms with Gasteiger partial charge in [-0.3, -0.25) is 4.79 Å². The smallest absolute Gasteiger partial charge is 0.270 e. The summed E-state index contributed by atoms with van der Waals surface area (Å²) in [6.07, 6.45) is 2.47. The standard InChI is InChI=1S/C13H13BrN2OS/c1-9(7-11-3-2-6-18-11)16-13(17)12-5-4-10(14)8-15-12/h2-6,8-9H,7H2,1H3,(H,16,17). The van der Waals surface area contributed by atoms with Gasteiger partial charge in [-0.1, -0.05) is 6.07 Å². The number of nitrogens with one attached hydrogen (secondary N) is 1. The summed E-state index contributed by atoms with van der Waals surface area (Å²) in [6.45, 7) is 2.00. The van der Waals surface area contributed by atoms with E-state index in [1.165, 1.54) is 4.88 Å². The molecule has 3 nitrogen and oxygen atoms in total. The molecule has 0 radical (unpaired) electrons. The molecule has 1 unspecified atom stereocenters. The number of pyridine rings is 1. The van der Waals surface area contributed by atoms with Crippen LogP contribution in [0.1, 0.15) is 22.3 Å². The van der Waals surface area contributed by atoms with Crippen LogP contribution in [0, 0.1) is 0 Å². The fourth-order valence-electron chi connectivity index (χ4n) is 1.59. The van der Waals surface area contributed by atoms with Crippen molar-refractivity contribution < 1.29 is 4.79 Å². The van der Waals surface area contributed by atoms with Crippen molar-refractivity contribution in [3.05, 3.63) is 50.9 Å². The van der Waals surface area contributed by atoms with Gasteiger partial charge in [0, 0.05) is 28.0 Å². The SMILES string of the molecule is CC(Cc1cccs1)NC(=O)c1ccc(Br)cn1.